The smallest absolute Gasteiger partial charge is 0.261 e. The molecule has 5 rings (SSSR count). The second-order valence-corrected chi connectivity index (χ2v) is 18.6. The third kappa shape index (κ3) is 7.44. The molecule has 0 bridgehead atoms. The highest BCUT2D eigenvalue weighted by molar-refractivity contribution is 6.99. The Balaban J connectivity index is 1.42. The minimum absolute atomic E-state index is 0.0287. The summed E-state index contributed by atoms with van der Waals surface area (Å²) < 4.78 is 19.9. The van der Waals surface area contributed by atoms with E-state index in [0.29, 0.717) is 13.2 Å². The fourth-order valence-corrected chi connectivity index (χ4v) is 11.6. The van der Waals surface area contributed by atoms with E-state index in [1.807, 2.05) is 6.08 Å². The molecule has 0 saturated heterocycles. The van der Waals surface area contributed by atoms with Crippen LogP contribution in [0.15, 0.2) is 119 Å². The zero-order valence-corrected chi connectivity index (χ0v) is 30.2. The SMILES string of the molecule is CCN(CC)c1ccc2cc(/C=C/C3=C(OCCO[Si](c4ccccc4)(c4ccccc4)C(C)(C)C)C(=C/O)/CC(C)(C)C3)oc2c1. The Hall–Kier alpha value is -4.00. The molecule has 5 nitrogen and oxygen atoms in total. The van der Waals surface area contributed by atoms with Gasteiger partial charge < -0.3 is 23.6 Å². The summed E-state index contributed by atoms with van der Waals surface area (Å²) in [6, 6.07) is 29.8. The number of anilines is 1. The van der Waals surface area contributed by atoms with Gasteiger partial charge in [0.2, 0.25) is 0 Å². The average Bonchev–Trinajstić information content (AvgIpc) is 3.47. The molecule has 248 valence electrons. The first-order valence-corrected chi connectivity index (χ1v) is 18.8. The second kappa shape index (κ2) is 14.4. The van der Waals surface area contributed by atoms with Crippen LogP contribution < -0.4 is 15.3 Å². The number of hydrogen-bond donors (Lipinski definition) is 1. The molecule has 0 fully saturated rings. The lowest BCUT2D eigenvalue weighted by Gasteiger charge is -2.43. The summed E-state index contributed by atoms with van der Waals surface area (Å²) in [6.45, 7) is 18.3. The zero-order chi connectivity index (χ0) is 33.7. The predicted octanol–water partition coefficient (Wildman–Crippen LogP) is 9.40. The summed E-state index contributed by atoms with van der Waals surface area (Å²) in [6.07, 6.45) is 6.86. The summed E-state index contributed by atoms with van der Waals surface area (Å²) in [5, 5.41) is 13.8. The van der Waals surface area contributed by atoms with E-state index in [9.17, 15) is 5.11 Å². The Morgan fingerprint density at radius 1 is 0.851 bits per heavy atom. The van der Waals surface area contributed by atoms with Crippen LogP contribution in [0.2, 0.25) is 5.04 Å². The largest absolute Gasteiger partial charge is 0.515 e. The number of benzene rings is 3. The van der Waals surface area contributed by atoms with Crippen molar-refractivity contribution in [1.29, 1.82) is 0 Å². The molecule has 4 aromatic rings. The average molecular weight is 650 g/mol. The van der Waals surface area contributed by atoms with Gasteiger partial charge in [0.15, 0.2) is 0 Å². The van der Waals surface area contributed by atoms with Crippen molar-refractivity contribution in [2.75, 3.05) is 31.2 Å². The first kappa shape index (κ1) is 34.3. The van der Waals surface area contributed by atoms with Gasteiger partial charge >= 0.3 is 0 Å². The lowest BCUT2D eigenvalue weighted by atomic mass is 9.74. The molecule has 6 heteroatoms. The van der Waals surface area contributed by atoms with E-state index in [-0.39, 0.29) is 10.5 Å². The molecule has 0 radical (unpaired) electrons. The molecule has 1 heterocycles. The van der Waals surface area contributed by atoms with E-state index >= 15 is 0 Å². The van der Waals surface area contributed by atoms with Gasteiger partial charge in [-0.1, -0.05) is 101 Å². The molecule has 1 aliphatic carbocycles. The van der Waals surface area contributed by atoms with E-state index in [4.69, 9.17) is 13.6 Å². The summed E-state index contributed by atoms with van der Waals surface area (Å²) >= 11 is 0. The van der Waals surface area contributed by atoms with Crippen LogP contribution in [0.1, 0.15) is 67.1 Å². The van der Waals surface area contributed by atoms with Crippen molar-refractivity contribution in [3.63, 3.8) is 0 Å². The number of fused-ring (bicyclic) bond motifs is 1. The third-order valence-electron chi connectivity index (χ3n) is 9.24. The van der Waals surface area contributed by atoms with Crippen LogP contribution in [0, 0.1) is 5.41 Å². The normalized spacial score (nSPS) is 16.4. The number of hydrogen-bond acceptors (Lipinski definition) is 5. The minimum Gasteiger partial charge on any atom is -0.515 e. The van der Waals surface area contributed by atoms with Crippen LogP contribution in [0.25, 0.3) is 17.0 Å². The number of ether oxygens (including phenoxy) is 1. The van der Waals surface area contributed by atoms with E-state index in [1.54, 1.807) is 0 Å². The van der Waals surface area contributed by atoms with E-state index < -0.39 is 8.32 Å². The van der Waals surface area contributed by atoms with Crippen molar-refractivity contribution in [3.8, 4) is 0 Å². The Kier molecular flexibility index (Phi) is 10.5. The zero-order valence-electron chi connectivity index (χ0n) is 29.2. The van der Waals surface area contributed by atoms with Crippen LogP contribution in [0.5, 0.6) is 0 Å². The van der Waals surface area contributed by atoms with Crippen LogP contribution in [-0.4, -0.2) is 39.7 Å². The van der Waals surface area contributed by atoms with Gasteiger partial charge in [-0.3, -0.25) is 0 Å². The Bertz CT molecular complexity index is 1680. The number of allylic oxidation sites excluding steroid dienone is 3. The van der Waals surface area contributed by atoms with Crippen molar-refractivity contribution in [2.45, 2.75) is 66.3 Å². The molecule has 0 aliphatic heterocycles. The van der Waals surface area contributed by atoms with Crippen LogP contribution >= 0.6 is 0 Å². The van der Waals surface area contributed by atoms with Crippen molar-refractivity contribution in [3.05, 3.63) is 120 Å². The highest BCUT2D eigenvalue weighted by Crippen LogP contribution is 2.43. The van der Waals surface area contributed by atoms with E-state index in [0.717, 1.165) is 65.3 Å². The Labute approximate surface area is 282 Å². The summed E-state index contributed by atoms with van der Waals surface area (Å²) in [5.41, 5.74) is 3.85. The molecular weight excluding hydrogens is 599 g/mol. The molecular formula is C41H51NO4Si. The molecule has 1 aliphatic rings. The first-order chi connectivity index (χ1) is 22.5. The highest BCUT2D eigenvalue weighted by Gasteiger charge is 2.50. The maximum atomic E-state index is 10.3. The van der Waals surface area contributed by atoms with Gasteiger partial charge in [-0.25, -0.2) is 0 Å². The van der Waals surface area contributed by atoms with Crippen molar-refractivity contribution < 1.29 is 18.7 Å². The van der Waals surface area contributed by atoms with Gasteiger partial charge in [0, 0.05) is 35.8 Å². The van der Waals surface area contributed by atoms with Gasteiger partial charge in [0.1, 0.15) is 23.7 Å². The summed E-state index contributed by atoms with van der Waals surface area (Å²) in [5.74, 6) is 1.52. The topological polar surface area (TPSA) is 55.1 Å². The first-order valence-electron chi connectivity index (χ1n) is 16.9. The number of rotatable bonds is 12. The van der Waals surface area contributed by atoms with Crippen molar-refractivity contribution in [1.82, 2.24) is 0 Å². The fraction of sp³-hybridized carbons (Fsp3) is 0.366. The van der Waals surface area contributed by atoms with Crippen LogP contribution in [0.3, 0.4) is 0 Å². The molecule has 3 aromatic carbocycles. The van der Waals surface area contributed by atoms with Crippen molar-refractivity contribution in [2.24, 2.45) is 5.41 Å². The van der Waals surface area contributed by atoms with Gasteiger partial charge in [-0.05, 0) is 77.4 Å². The lowest BCUT2D eigenvalue weighted by Crippen LogP contribution is -2.66. The summed E-state index contributed by atoms with van der Waals surface area (Å²) in [7, 11) is -2.68. The molecule has 1 aromatic heterocycles. The standard InChI is InChI=1S/C41H51NO4Si/c1-8-42(9-2)34-22-20-31-26-35(46-38(31)27-34)23-21-32-28-41(6,7)29-33(30-43)39(32)44-24-25-45-47(40(3,4)5,36-16-12-10-13-17-36)37-18-14-11-15-19-37/h10-23,26-27,30,43H,8-9,24-25,28-29H2,1-7H3/b23-21+,33-30+. The van der Waals surface area contributed by atoms with E-state index in [2.05, 4.69) is 144 Å². The van der Waals surface area contributed by atoms with Crippen LogP contribution in [0.4, 0.5) is 5.69 Å². The van der Waals surface area contributed by atoms with Gasteiger partial charge in [-0.15, -0.1) is 0 Å². The Morgan fingerprint density at radius 3 is 2.06 bits per heavy atom. The minimum atomic E-state index is -2.68. The molecule has 0 atom stereocenters. The fourth-order valence-electron chi connectivity index (χ4n) is 7.08. The molecule has 0 amide bonds. The monoisotopic (exact) mass is 649 g/mol. The molecule has 0 saturated carbocycles. The maximum Gasteiger partial charge on any atom is 0.261 e. The van der Waals surface area contributed by atoms with Gasteiger partial charge in [0.25, 0.3) is 8.32 Å². The maximum absolute atomic E-state index is 10.3. The van der Waals surface area contributed by atoms with Gasteiger partial charge in [-0.2, -0.15) is 0 Å². The van der Waals surface area contributed by atoms with E-state index in [1.165, 1.54) is 16.6 Å². The molecule has 0 unspecified atom stereocenters. The number of furan rings is 1. The number of aliphatic hydroxyl groups excluding tert-OH is 1. The molecule has 1 N–H and O–H groups in total. The summed E-state index contributed by atoms with van der Waals surface area (Å²) in [4.78, 5) is 2.32. The quantitative estimate of drug-likeness (QED) is 0.0942. The van der Waals surface area contributed by atoms with Crippen LogP contribution in [-0.2, 0) is 9.16 Å². The highest BCUT2D eigenvalue weighted by atomic mass is 28.4. The lowest BCUT2D eigenvalue weighted by molar-refractivity contribution is 0.144. The second-order valence-electron chi connectivity index (χ2n) is 14.3. The molecule has 0 spiro atoms. The number of aliphatic hydroxyl groups is 1. The third-order valence-corrected chi connectivity index (χ3v) is 14.3. The molecule has 47 heavy (non-hydrogen) atoms. The van der Waals surface area contributed by atoms with Gasteiger partial charge in [0.05, 0.1) is 12.9 Å². The van der Waals surface area contributed by atoms with Crippen molar-refractivity contribution >= 4 is 41.4 Å². The number of nitrogens with zero attached hydrogens (tertiary/aromatic N) is 1. The Morgan fingerprint density at radius 2 is 1.49 bits per heavy atom. The predicted molar refractivity (Wildman–Crippen MR) is 199 cm³/mol.